The maximum Gasteiger partial charge on any atom is 0.0474 e. The van der Waals surface area contributed by atoms with Gasteiger partial charge < -0.3 is 10.6 Å². The molecule has 1 aromatic rings. The molecule has 0 bridgehead atoms. The van der Waals surface area contributed by atoms with Crippen molar-refractivity contribution < 1.29 is 0 Å². The third kappa shape index (κ3) is 3.11. The largest absolute Gasteiger partial charge is 0.375 e. The number of nitrogens with two attached hydrogens (primary N) is 1. The van der Waals surface area contributed by atoms with Crippen molar-refractivity contribution in [2.45, 2.75) is 26.3 Å². The molecular weight excluding hydrogens is 208 g/mol. The van der Waals surface area contributed by atoms with Gasteiger partial charge in [-0.2, -0.15) is 0 Å². The summed E-state index contributed by atoms with van der Waals surface area (Å²) in [7, 11) is 2.07. The SMILES string of the molecule is CCCN(C)c1ccc(C(C)N)c(Cl)c1. The van der Waals surface area contributed by atoms with E-state index in [2.05, 4.69) is 24.9 Å². The van der Waals surface area contributed by atoms with E-state index in [4.69, 9.17) is 17.3 Å². The topological polar surface area (TPSA) is 29.3 Å². The smallest absolute Gasteiger partial charge is 0.0474 e. The molecule has 0 amide bonds. The summed E-state index contributed by atoms with van der Waals surface area (Å²) >= 11 is 6.16. The van der Waals surface area contributed by atoms with Crippen LogP contribution in [0.15, 0.2) is 18.2 Å². The van der Waals surface area contributed by atoms with Crippen molar-refractivity contribution in [2.75, 3.05) is 18.5 Å². The van der Waals surface area contributed by atoms with Gasteiger partial charge in [0.1, 0.15) is 0 Å². The van der Waals surface area contributed by atoms with E-state index >= 15 is 0 Å². The first-order valence-electron chi connectivity index (χ1n) is 5.32. The first kappa shape index (κ1) is 12.3. The van der Waals surface area contributed by atoms with Gasteiger partial charge in [-0.3, -0.25) is 0 Å². The van der Waals surface area contributed by atoms with Gasteiger partial charge in [-0.1, -0.05) is 24.6 Å². The fourth-order valence-corrected chi connectivity index (χ4v) is 1.93. The summed E-state index contributed by atoms with van der Waals surface area (Å²) < 4.78 is 0. The lowest BCUT2D eigenvalue weighted by Crippen LogP contribution is -2.18. The lowest BCUT2D eigenvalue weighted by atomic mass is 10.1. The standard InChI is InChI=1S/C12H19ClN2/c1-4-7-15(3)10-5-6-11(9(2)14)12(13)8-10/h5-6,8-9H,4,7,14H2,1-3H3. The van der Waals surface area contributed by atoms with Gasteiger partial charge in [-0.05, 0) is 31.0 Å². The van der Waals surface area contributed by atoms with Gasteiger partial charge in [0.2, 0.25) is 0 Å². The molecule has 0 saturated carbocycles. The Balaban J connectivity index is 2.91. The normalized spacial score (nSPS) is 12.6. The molecule has 15 heavy (non-hydrogen) atoms. The van der Waals surface area contributed by atoms with E-state index < -0.39 is 0 Å². The molecular formula is C12H19ClN2. The molecule has 0 aliphatic carbocycles. The summed E-state index contributed by atoms with van der Waals surface area (Å²) in [5.41, 5.74) is 7.95. The zero-order chi connectivity index (χ0) is 11.4. The van der Waals surface area contributed by atoms with E-state index in [0.29, 0.717) is 0 Å². The highest BCUT2D eigenvalue weighted by Gasteiger charge is 2.07. The Hall–Kier alpha value is -0.730. The molecule has 2 nitrogen and oxygen atoms in total. The van der Waals surface area contributed by atoms with Gasteiger partial charge in [0.15, 0.2) is 0 Å². The number of hydrogen-bond acceptors (Lipinski definition) is 2. The van der Waals surface area contributed by atoms with Crippen LogP contribution in [0.1, 0.15) is 31.9 Å². The van der Waals surface area contributed by atoms with Crippen LogP contribution in [0.4, 0.5) is 5.69 Å². The summed E-state index contributed by atoms with van der Waals surface area (Å²) in [6, 6.07) is 6.05. The Bertz CT molecular complexity index is 323. The van der Waals surface area contributed by atoms with Crippen molar-refractivity contribution in [1.82, 2.24) is 0 Å². The summed E-state index contributed by atoms with van der Waals surface area (Å²) in [4.78, 5) is 2.19. The van der Waals surface area contributed by atoms with E-state index in [1.165, 1.54) is 0 Å². The van der Waals surface area contributed by atoms with E-state index in [0.717, 1.165) is 29.2 Å². The second-order valence-electron chi connectivity index (χ2n) is 3.92. The molecule has 1 aromatic carbocycles. The van der Waals surface area contributed by atoms with Crippen molar-refractivity contribution in [2.24, 2.45) is 5.73 Å². The van der Waals surface area contributed by atoms with E-state index in [1.807, 2.05) is 19.1 Å². The van der Waals surface area contributed by atoms with Crippen molar-refractivity contribution in [3.8, 4) is 0 Å². The molecule has 1 rings (SSSR count). The zero-order valence-electron chi connectivity index (χ0n) is 9.63. The van der Waals surface area contributed by atoms with Gasteiger partial charge in [0.25, 0.3) is 0 Å². The lowest BCUT2D eigenvalue weighted by molar-refractivity contribution is 0.815. The van der Waals surface area contributed by atoms with Crippen LogP contribution in [-0.4, -0.2) is 13.6 Å². The number of anilines is 1. The summed E-state index contributed by atoms with van der Waals surface area (Å²) in [5.74, 6) is 0. The zero-order valence-corrected chi connectivity index (χ0v) is 10.4. The van der Waals surface area contributed by atoms with Gasteiger partial charge in [-0.25, -0.2) is 0 Å². The van der Waals surface area contributed by atoms with Gasteiger partial charge in [0, 0.05) is 30.3 Å². The third-order valence-corrected chi connectivity index (χ3v) is 2.80. The second-order valence-corrected chi connectivity index (χ2v) is 4.32. The number of rotatable bonds is 4. The van der Waals surface area contributed by atoms with Crippen LogP contribution in [0.2, 0.25) is 5.02 Å². The number of hydrogen-bond donors (Lipinski definition) is 1. The predicted molar refractivity (Wildman–Crippen MR) is 67.6 cm³/mol. The molecule has 0 heterocycles. The minimum Gasteiger partial charge on any atom is -0.375 e. The van der Waals surface area contributed by atoms with E-state index in [-0.39, 0.29) is 6.04 Å². The average Bonchev–Trinajstić information content (AvgIpc) is 2.17. The van der Waals surface area contributed by atoms with Gasteiger partial charge >= 0.3 is 0 Å². The number of benzene rings is 1. The maximum absolute atomic E-state index is 6.16. The molecule has 0 spiro atoms. The molecule has 0 saturated heterocycles. The van der Waals surface area contributed by atoms with Crippen LogP contribution < -0.4 is 10.6 Å². The summed E-state index contributed by atoms with van der Waals surface area (Å²) in [5, 5.41) is 0.755. The highest BCUT2D eigenvalue weighted by atomic mass is 35.5. The van der Waals surface area contributed by atoms with Crippen LogP contribution in [0, 0.1) is 0 Å². The van der Waals surface area contributed by atoms with Crippen LogP contribution in [-0.2, 0) is 0 Å². The van der Waals surface area contributed by atoms with Crippen LogP contribution in [0.3, 0.4) is 0 Å². The minimum absolute atomic E-state index is 0.0111. The summed E-state index contributed by atoms with van der Waals surface area (Å²) in [6.45, 7) is 5.14. The average molecular weight is 227 g/mol. The molecule has 1 unspecified atom stereocenters. The van der Waals surface area contributed by atoms with Crippen LogP contribution >= 0.6 is 11.6 Å². The highest BCUT2D eigenvalue weighted by molar-refractivity contribution is 6.31. The lowest BCUT2D eigenvalue weighted by Gasteiger charge is -2.20. The molecule has 1 atom stereocenters. The Morgan fingerprint density at radius 3 is 2.60 bits per heavy atom. The number of halogens is 1. The molecule has 0 aliphatic rings. The van der Waals surface area contributed by atoms with Crippen molar-refractivity contribution in [3.63, 3.8) is 0 Å². The van der Waals surface area contributed by atoms with E-state index in [1.54, 1.807) is 0 Å². The Morgan fingerprint density at radius 2 is 2.13 bits per heavy atom. The Labute approximate surface area is 97.0 Å². The highest BCUT2D eigenvalue weighted by Crippen LogP contribution is 2.26. The first-order chi connectivity index (χ1) is 7.06. The molecule has 0 aliphatic heterocycles. The molecule has 0 aromatic heterocycles. The second kappa shape index (κ2) is 5.38. The van der Waals surface area contributed by atoms with Gasteiger partial charge in [-0.15, -0.1) is 0 Å². The summed E-state index contributed by atoms with van der Waals surface area (Å²) in [6.07, 6.45) is 1.13. The fraction of sp³-hybridized carbons (Fsp3) is 0.500. The predicted octanol–water partition coefficient (Wildman–Crippen LogP) is 3.21. The molecule has 0 fully saturated rings. The monoisotopic (exact) mass is 226 g/mol. The quantitative estimate of drug-likeness (QED) is 0.855. The first-order valence-corrected chi connectivity index (χ1v) is 5.70. The number of nitrogens with zero attached hydrogens (tertiary/aromatic N) is 1. The van der Waals surface area contributed by atoms with Crippen LogP contribution in [0.5, 0.6) is 0 Å². The maximum atomic E-state index is 6.16. The molecule has 0 radical (unpaired) electrons. The Morgan fingerprint density at radius 1 is 1.47 bits per heavy atom. The van der Waals surface area contributed by atoms with Crippen molar-refractivity contribution in [3.05, 3.63) is 28.8 Å². The molecule has 3 heteroatoms. The molecule has 84 valence electrons. The molecule has 2 N–H and O–H groups in total. The Kier molecular flexibility index (Phi) is 4.43. The van der Waals surface area contributed by atoms with Gasteiger partial charge in [0.05, 0.1) is 0 Å². The minimum atomic E-state index is -0.0111. The van der Waals surface area contributed by atoms with Crippen LogP contribution in [0.25, 0.3) is 0 Å². The van der Waals surface area contributed by atoms with Crippen molar-refractivity contribution >= 4 is 17.3 Å². The third-order valence-electron chi connectivity index (χ3n) is 2.47. The fourth-order valence-electron chi connectivity index (χ4n) is 1.59. The van der Waals surface area contributed by atoms with Crippen molar-refractivity contribution in [1.29, 1.82) is 0 Å². The van der Waals surface area contributed by atoms with E-state index in [9.17, 15) is 0 Å².